The lowest BCUT2D eigenvalue weighted by Crippen LogP contribution is -2.33. The molecule has 0 radical (unpaired) electrons. The van der Waals surface area contributed by atoms with Gasteiger partial charge in [0.1, 0.15) is 0 Å². The van der Waals surface area contributed by atoms with Crippen molar-refractivity contribution in [3.63, 3.8) is 0 Å². The van der Waals surface area contributed by atoms with E-state index in [4.69, 9.17) is 0 Å². The molecule has 1 rings (SSSR count). The normalized spacial score (nSPS) is 12.6. The Hall–Kier alpha value is -0.560. The lowest BCUT2D eigenvalue weighted by molar-refractivity contribution is 0.552. The molecule has 0 aliphatic rings. The summed E-state index contributed by atoms with van der Waals surface area (Å²) in [7, 11) is 1.68. The van der Waals surface area contributed by atoms with Gasteiger partial charge in [-0.15, -0.1) is 0 Å². The molecule has 1 heterocycles. The van der Waals surface area contributed by atoms with E-state index in [1.807, 2.05) is 0 Å². The molecule has 0 aliphatic carbocycles. The zero-order valence-corrected chi connectivity index (χ0v) is 12.3. The predicted octanol–water partition coefficient (Wildman–Crippen LogP) is 1.37. The molecule has 0 aliphatic heterocycles. The van der Waals surface area contributed by atoms with Gasteiger partial charge in [-0.2, -0.15) is 4.98 Å². The molecule has 0 saturated carbocycles. The van der Waals surface area contributed by atoms with Crippen molar-refractivity contribution in [3.8, 4) is 0 Å². The summed E-state index contributed by atoms with van der Waals surface area (Å²) in [5.41, 5.74) is -1.40. The second-order valence-electron chi connectivity index (χ2n) is 3.92. The first-order valence-corrected chi connectivity index (χ1v) is 7.51. The van der Waals surface area contributed by atoms with Crippen molar-refractivity contribution in [2.24, 2.45) is 13.0 Å². The molecule has 0 bridgehead atoms. The van der Waals surface area contributed by atoms with Gasteiger partial charge in [-0.25, -0.2) is 0 Å². The summed E-state index contributed by atoms with van der Waals surface area (Å²) in [4.78, 5) is 25.8. The van der Waals surface area contributed by atoms with Gasteiger partial charge in [0, 0.05) is 18.1 Å². The molecule has 5 nitrogen and oxygen atoms in total. The Kier molecular flexibility index (Phi) is 5.97. The SMILES string of the molecule is CC(CCBr)CCSc1nc(=O)c(=O)[nH]n1C. The molecule has 7 heteroatoms. The van der Waals surface area contributed by atoms with Crippen molar-refractivity contribution >= 4 is 27.7 Å². The first-order chi connectivity index (χ1) is 8.04. The van der Waals surface area contributed by atoms with E-state index >= 15 is 0 Å². The first-order valence-electron chi connectivity index (χ1n) is 5.40. The van der Waals surface area contributed by atoms with Gasteiger partial charge in [-0.1, -0.05) is 34.6 Å². The van der Waals surface area contributed by atoms with Crippen molar-refractivity contribution in [3.05, 3.63) is 20.7 Å². The van der Waals surface area contributed by atoms with Gasteiger partial charge >= 0.3 is 11.1 Å². The summed E-state index contributed by atoms with van der Waals surface area (Å²) in [6, 6.07) is 0. The molecule has 1 aromatic rings. The maximum absolute atomic E-state index is 11.1. The highest BCUT2D eigenvalue weighted by Gasteiger charge is 2.06. The van der Waals surface area contributed by atoms with E-state index in [2.05, 4.69) is 32.9 Å². The number of hydrogen-bond acceptors (Lipinski definition) is 4. The van der Waals surface area contributed by atoms with E-state index in [0.29, 0.717) is 11.1 Å². The van der Waals surface area contributed by atoms with Gasteiger partial charge in [0.15, 0.2) is 5.16 Å². The van der Waals surface area contributed by atoms with Gasteiger partial charge in [0.2, 0.25) is 0 Å². The van der Waals surface area contributed by atoms with Crippen LogP contribution >= 0.6 is 27.7 Å². The average Bonchev–Trinajstić information content (AvgIpc) is 2.26. The average molecular weight is 322 g/mol. The highest BCUT2D eigenvalue weighted by molar-refractivity contribution is 9.09. The maximum Gasteiger partial charge on any atom is 0.339 e. The molecule has 1 N–H and O–H groups in total. The number of nitrogens with zero attached hydrogens (tertiary/aromatic N) is 2. The highest BCUT2D eigenvalue weighted by atomic mass is 79.9. The number of aromatic nitrogens is 3. The molecule has 0 spiro atoms. The van der Waals surface area contributed by atoms with Crippen LogP contribution in [0.5, 0.6) is 0 Å². The van der Waals surface area contributed by atoms with Crippen molar-refractivity contribution in [2.45, 2.75) is 24.9 Å². The molecule has 1 aromatic heterocycles. The van der Waals surface area contributed by atoms with E-state index in [1.54, 1.807) is 7.05 Å². The lowest BCUT2D eigenvalue weighted by Gasteiger charge is -2.09. The van der Waals surface area contributed by atoms with Gasteiger partial charge in [-0.3, -0.25) is 19.4 Å². The molecular formula is C10H16BrN3O2S. The fourth-order valence-electron chi connectivity index (χ4n) is 1.27. The molecule has 17 heavy (non-hydrogen) atoms. The fourth-order valence-corrected chi connectivity index (χ4v) is 3.14. The molecule has 0 fully saturated rings. The van der Waals surface area contributed by atoms with Crippen LogP contribution in [0.15, 0.2) is 14.7 Å². The standard InChI is InChI=1S/C10H16BrN3O2S/c1-7(3-5-11)4-6-17-10-12-8(15)9(16)13-14(10)2/h7H,3-6H2,1-2H3,(H,13,16). The third kappa shape index (κ3) is 4.67. The van der Waals surface area contributed by atoms with Crippen LogP contribution in [0.3, 0.4) is 0 Å². The molecule has 1 unspecified atom stereocenters. The summed E-state index contributed by atoms with van der Waals surface area (Å²) >= 11 is 4.90. The van der Waals surface area contributed by atoms with Crippen LogP contribution in [-0.4, -0.2) is 25.8 Å². The molecule has 0 saturated heterocycles. The number of H-pyrrole nitrogens is 1. The summed E-state index contributed by atoms with van der Waals surface area (Å²) < 4.78 is 1.49. The van der Waals surface area contributed by atoms with E-state index < -0.39 is 11.1 Å². The number of nitrogens with one attached hydrogen (secondary N) is 1. The highest BCUT2D eigenvalue weighted by Crippen LogP contribution is 2.17. The third-order valence-electron chi connectivity index (χ3n) is 2.39. The topological polar surface area (TPSA) is 67.8 Å². The summed E-state index contributed by atoms with van der Waals surface area (Å²) in [6.07, 6.45) is 2.20. The Morgan fingerprint density at radius 2 is 2.18 bits per heavy atom. The van der Waals surface area contributed by atoms with Crippen molar-refractivity contribution in [1.82, 2.24) is 14.8 Å². The number of alkyl halides is 1. The van der Waals surface area contributed by atoms with Crippen LogP contribution < -0.4 is 11.1 Å². The van der Waals surface area contributed by atoms with E-state index in [-0.39, 0.29) is 0 Å². The minimum Gasteiger partial charge on any atom is -0.265 e. The number of aromatic amines is 1. The van der Waals surface area contributed by atoms with Gasteiger partial charge in [0.25, 0.3) is 0 Å². The Balaban J connectivity index is 2.55. The minimum atomic E-state index is -0.723. The minimum absolute atomic E-state index is 0.556. The quantitative estimate of drug-likeness (QED) is 0.488. The zero-order valence-electron chi connectivity index (χ0n) is 9.90. The number of thioether (sulfide) groups is 1. The first kappa shape index (κ1) is 14.5. The fraction of sp³-hybridized carbons (Fsp3) is 0.700. The molecule has 1 atom stereocenters. The van der Waals surface area contributed by atoms with Crippen LogP contribution in [-0.2, 0) is 7.05 Å². The third-order valence-corrected chi connectivity index (χ3v) is 3.91. The van der Waals surface area contributed by atoms with Crippen molar-refractivity contribution in [1.29, 1.82) is 0 Å². The number of aryl methyl sites for hydroxylation is 1. The van der Waals surface area contributed by atoms with Gasteiger partial charge in [0.05, 0.1) is 0 Å². The molecule has 96 valence electrons. The van der Waals surface area contributed by atoms with Crippen LogP contribution in [0, 0.1) is 5.92 Å². The number of halogens is 1. The smallest absolute Gasteiger partial charge is 0.265 e. The Morgan fingerprint density at radius 1 is 1.47 bits per heavy atom. The second-order valence-corrected chi connectivity index (χ2v) is 5.77. The number of hydrogen-bond donors (Lipinski definition) is 1. The molecular weight excluding hydrogens is 306 g/mol. The summed E-state index contributed by atoms with van der Waals surface area (Å²) in [6.45, 7) is 2.20. The Morgan fingerprint density at radius 3 is 2.82 bits per heavy atom. The Labute approximate surface area is 112 Å². The zero-order chi connectivity index (χ0) is 12.8. The van der Waals surface area contributed by atoms with Gasteiger partial charge in [-0.05, 0) is 18.8 Å². The molecule has 0 aromatic carbocycles. The molecule has 0 amide bonds. The van der Waals surface area contributed by atoms with Crippen molar-refractivity contribution in [2.75, 3.05) is 11.1 Å². The predicted molar refractivity (Wildman–Crippen MR) is 73.0 cm³/mol. The maximum atomic E-state index is 11.1. The van der Waals surface area contributed by atoms with E-state index in [9.17, 15) is 9.59 Å². The van der Waals surface area contributed by atoms with Crippen LogP contribution in [0.1, 0.15) is 19.8 Å². The van der Waals surface area contributed by atoms with E-state index in [0.717, 1.165) is 23.9 Å². The Bertz CT molecular complexity index is 471. The van der Waals surface area contributed by atoms with Gasteiger partial charge < -0.3 is 0 Å². The van der Waals surface area contributed by atoms with Crippen LogP contribution in [0.25, 0.3) is 0 Å². The monoisotopic (exact) mass is 321 g/mol. The number of rotatable bonds is 6. The summed E-state index contributed by atoms with van der Waals surface area (Å²) in [5.74, 6) is 1.53. The van der Waals surface area contributed by atoms with Crippen molar-refractivity contribution < 1.29 is 0 Å². The van der Waals surface area contributed by atoms with Crippen LogP contribution in [0.2, 0.25) is 0 Å². The second kappa shape index (κ2) is 7.00. The van der Waals surface area contributed by atoms with Crippen LogP contribution in [0.4, 0.5) is 0 Å². The largest absolute Gasteiger partial charge is 0.339 e. The lowest BCUT2D eigenvalue weighted by atomic mass is 10.1. The summed E-state index contributed by atoms with van der Waals surface area (Å²) in [5, 5.41) is 3.99. The van der Waals surface area contributed by atoms with E-state index in [1.165, 1.54) is 16.4 Å².